The molecule has 32 heavy (non-hydrogen) atoms. The Hall–Kier alpha value is -3.94. The second-order valence-electron chi connectivity index (χ2n) is 7.37. The van der Waals surface area contributed by atoms with Gasteiger partial charge in [-0.05, 0) is 44.0 Å². The highest BCUT2D eigenvalue weighted by Gasteiger charge is 2.20. The molecule has 0 atom stereocenters. The zero-order valence-electron chi connectivity index (χ0n) is 18.5. The fourth-order valence-electron chi connectivity index (χ4n) is 3.51. The van der Waals surface area contributed by atoms with Gasteiger partial charge < -0.3 is 14.5 Å². The van der Waals surface area contributed by atoms with Crippen molar-refractivity contribution in [3.05, 3.63) is 76.9 Å². The molecule has 0 aliphatic heterocycles. The van der Waals surface area contributed by atoms with Gasteiger partial charge in [0.2, 0.25) is 5.89 Å². The van der Waals surface area contributed by atoms with Gasteiger partial charge in [0.25, 0.3) is 5.91 Å². The summed E-state index contributed by atoms with van der Waals surface area (Å²) in [5.41, 5.74) is 4.26. The van der Waals surface area contributed by atoms with Crippen LogP contribution in [0.2, 0.25) is 0 Å². The van der Waals surface area contributed by atoms with E-state index in [1.807, 2.05) is 69.3 Å². The number of hydrogen-bond donors (Lipinski definition) is 1. The van der Waals surface area contributed by atoms with Crippen LogP contribution in [-0.2, 0) is 13.0 Å². The molecule has 0 radical (unpaired) electrons. The number of ether oxygens (including phenoxy) is 1. The molecule has 164 valence electrons. The Balaban J connectivity index is 1.56. The van der Waals surface area contributed by atoms with Gasteiger partial charge in [-0.15, -0.1) is 5.10 Å². The van der Waals surface area contributed by atoms with Crippen molar-refractivity contribution in [3.8, 4) is 17.2 Å². The maximum atomic E-state index is 12.8. The summed E-state index contributed by atoms with van der Waals surface area (Å²) in [5.74, 6) is 1.54. The average molecular weight is 431 g/mol. The van der Waals surface area contributed by atoms with Gasteiger partial charge in [-0.3, -0.25) is 4.79 Å². The topological polar surface area (TPSA) is 95.1 Å². The van der Waals surface area contributed by atoms with Crippen molar-refractivity contribution in [1.82, 2.24) is 20.0 Å². The summed E-state index contributed by atoms with van der Waals surface area (Å²) in [6.07, 6.45) is 0.822. The van der Waals surface area contributed by atoms with E-state index < -0.39 is 0 Å². The van der Waals surface area contributed by atoms with E-state index in [4.69, 9.17) is 9.15 Å². The molecule has 0 unspecified atom stereocenters. The van der Waals surface area contributed by atoms with Crippen LogP contribution in [-0.4, -0.2) is 33.0 Å². The lowest BCUT2D eigenvalue weighted by Crippen LogP contribution is -2.15. The molecule has 2 aromatic heterocycles. The minimum Gasteiger partial charge on any atom is -0.496 e. The number of rotatable bonds is 7. The molecule has 4 aromatic rings. The average Bonchev–Trinajstić information content (AvgIpc) is 3.36. The number of anilines is 1. The molecule has 0 saturated heterocycles. The maximum absolute atomic E-state index is 12.8. The summed E-state index contributed by atoms with van der Waals surface area (Å²) in [5, 5.41) is 11.2. The molecule has 2 heterocycles. The van der Waals surface area contributed by atoms with Crippen molar-refractivity contribution in [2.75, 3.05) is 12.4 Å². The van der Waals surface area contributed by atoms with Crippen molar-refractivity contribution < 1.29 is 13.9 Å². The number of carbonyl (C=O) groups is 1. The summed E-state index contributed by atoms with van der Waals surface area (Å²) in [7, 11) is 1.61. The number of aromatic nitrogens is 4. The first-order valence-corrected chi connectivity index (χ1v) is 10.4. The number of methoxy groups -OCH3 is 1. The van der Waals surface area contributed by atoms with E-state index in [1.165, 1.54) is 0 Å². The maximum Gasteiger partial charge on any atom is 0.278 e. The first kappa shape index (κ1) is 21.3. The molecule has 0 aliphatic rings. The Morgan fingerprint density at radius 3 is 2.66 bits per heavy atom. The molecule has 2 aromatic carbocycles. The Morgan fingerprint density at radius 2 is 1.88 bits per heavy atom. The van der Waals surface area contributed by atoms with E-state index in [0.717, 1.165) is 23.2 Å². The minimum atomic E-state index is -0.291. The zero-order chi connectivity index (χ0) is 22.7. The second-order valence-corrected chi connectivity index (χ2v) is 7.37. The van der Waals surface area contributed by atoms with Crippen LogP contribution in [0.4, 0.5) is 5.69 Å². The second kappa shape index (κ2) is 9.05. The van der Waals surface area contributed by atoms with Gasteiger partial charge in [0.15, 0.2) is 5.69 Å². The molecule has 0 saturated carbocycles. The number of benzene rings is 2. The Morgan fingerprint density at radius 1 is 1.12 bits per heavy atom. The highest BCUT2D eigenvalue weighted by Crippen LogP contribution is 2.30. The predicted molar refractivity (Wildman–Crippen MR) is 121 cm³/mol. The van der Waals surface area contributed by atoms with Crippen LogP contribution in [0, 0.1) is 13.8 Å². The molecule has 1 N–H and O–H groups in total. The summed E-state index contributed by atoms with van der Waals surface area (Å²) < 4.78 is 12.9. The van der Waals surface area contributed by atoms with Crippen LogP contribution in [0.5, 0.6) is 5.75 Å². The lowest BCUT2D eigenvalue weighted by molar-refractivity contribution is 0.102. The normalized spacial score (nSPS) is 10.9. The minimum absolute atomic E-state index is 0.280. The van der Waals surface area contributed by atoms with Gasteiger partial charge in [-0.1, -0.05) is 42.5 Å². The molecular weight excluding hydrogens is 406 g/mol. The monoisotopic (exact) mass is 431 g/mol. The first-order valence-electron chi connectivity index (χ1n) is 10.4. The summed E-state index contributed by atoms with van der Waals surface area (Å²) in [4.78, 5) is 17.5. The van der Waals surface area contributed by atoms with Crippen LogP contribution in [0.25, 0.3) is 11.5 Å². The van der Waals surface area contributed by atoms with Gasteiger partial charge in [0.05, 0.1) is 24.9 Å². The van der Waals surface area contributed by atoms with E-state index in [0.29, 0.717) is 35.3 Å². The van der Waals surface area contributed by atoms with E-state index in [2.05, 4.69) is 20.6 Å². The van der Waals surface area contributed by atoms with E-state index >= 15 is 0 Å². The molecule has 8 heteroatoms. The molecule has 0 spiro atoms. The van der Waals surface area contributed by atoms with Gasteiger partial charge in [0.1, 0.15) is 17.2 Å². The zero-order valence-corrected chi connectivity index (χ0v) is 18.5. The summed E-state index contributed by atoms with van der Waals surface area (Å²) >= 11 is 0. The number of aryl methyl sites for hydroxylation is 2. The Labute approximate surface area is 186 Å². The fraction of sp³-hybridized carbons (Fsp3) is 0.250. The van der Waals surface area contributed by atoms with Gasteiger partial charge >= 0.3 is 0 Å². The van der Waals surface area contributed by atoms with E-state index in [1.54, 1.807) is 11.8 Å². The van der Waals surface area contributed by atoms with E-state index in [9.17, 15) is 4.79 Å². The summed E-state index contributed by atoms with van der Waals surface area (Å²) in [6.45, 7) is 6.05. The number of carbonyl (C=O) groups excluding carboxylic acids is 1. The quantitative estimate of drug-likeness (QED) is 0.465. The van der Waals surface area contributed by atoms with Crippen molar-refractivity contribution in [3.63, 3.8) is 0 Å². The van der Waals surface area contributed by atoms with Crippen molar-refractivity contribution in [1.29, 1.82) is 0 Å². The number of para-hydroxylation sites is 2. The highest BCUT2D eigenvalue weighted by molar-refractivity contribution is 6.03. The van der Waals surface area contributed by atoms with Gasteiger partial charge in [0, 0.05) is 5.69 Å². The highest BCUT2D eigenvalue weighted by atomic mass is 16.5. The van der Waals surface area contributed by atoms with Crippen molar-refractivity contribution in [2.24, 2.45) is 0 Å². The van der Waals surface area contributed by atoms with E-state index in [-0.39, 0.29) is 11.6 Å². The predicted octanol–water partition coefficient (Wildman–Crippen LogP) is 4.42. The number of oxazole rings is 1. The van der Waals surface area contributed by atoms with Crippen LogP contribution in [0.15, 0.2) is 52.9 Å². The van der Waals surface area contributed by atoms with Crippen LogP contribution in [0.3, 0.4) is 0 Å². The molecule has 4 rings (SSSR count). The smallest absolute Gasteiger partial charge is 0.278 e. The molecule has 0 fully saturated rings. The fourth-order valence-corrected chi connectivity index (χ4v) is 3.51. The molecule has 8 nitrogen and oxygen atoms in total. The van der Waals surface area contributed by atoms with Gasteiger partial charge in [-0.25, -0.2) is 9.67 Å². The van der Waals surface area contributed by atoms with Crippen LogP contribution in [0.1, 0.15) is 40.1 Å². The number of amides is 1. The Kier molecular flexibility index (Phi) is 6.02. The first-order chi connectivity index (χ1) is 15.5. The van der Waals surface area contributed by atoms with Gasteiger partial charge in [-0.2, -0.15) is 0 Å². The lowest BCUT2D eigenvalue weighted by Gasteiger charge is -2.08. The largest absolute Gasteiger partial charge is 0.496 e. The van der Waals surface area contributed by atoms with Crippen molar-refractivity contribution in [2.45, 2.75) is 33.7 Å². The number of hydrogen-bond acceptors (Lipinski definition) is 6. The molecular formula is C24H25N5O3. The SMILES string of the molecule is CCc1ccccc1NC(=O)c1nnn(Cc2nc(-c3ccccc3OC)oc2C)c1C. The van der Waals surface area contributed by atoms with Crippen LogP contribution >= 0.6 is 0 Å². The number of nitrogens with one attached hydrogen (secondary N) is 1. The van der Waals surface area contributed by atoms with Crippen LogP contribution < -0.4 is 10.1 Å². The third-order valence-electron chi connectivity index (χ3n) is 5.37. The lowest BCUT2D eigenvalue weighted by atomic mass is 10.1. The number of nitrogens with zero attached hydrogens (tertiary/aromatic N) is 4. The molecule has 0 aliphatic carbocycles. The van der Waals surface area contributed by atoms with Crippen molar-refractivity contribution >= 4 is 11.6 Å². The summed E-state index contributed by atoms with van der Waals surface area (Å²) in [6, 6.07) is 15.3. The third kappa shape index (κ3) is 4.12. The molecule has 1 amide bonds. The Bertz CT molecular complexity index is 1260. The standard InChI is InChI=1S/C24H25N5O3/c1-5-17-10-6-8-12-19(17)25-23(30)22-15(2)29(28-27-22)14-20-16(3)32-24(26-20)18-11-7-9-13-21(18)31-4/h6-13H,5,14H2,1-4H3,(H,25,30). The third-order valence-corrected chi connectivity index (χ3v) is 5.37. The molecule has 0 bridgehead atoms.